The van der Waals surface area contributed by atoms with Crippen LogP contribution in [-0.4, -0.2) is 24.2 Å². The molecular weight excluding hydrogens is 166 g/mol. The summed E-state index contributed by atoms with van der Waals surface area (Å²) in [6.45, 7) is 3.96. The van der Waals surface area contributed by atoms with Gasteiger partial charge in [0.25, 0.3) is 0 Å². The molecule has 2 unspecified atom stereocenters. The number of nitrogens with one attached hydrogen (secondary N) is 1. The number of aliphatic carboxylic acids is 1. The first-order valence-corrected chi connectivity index (χ1v) is 5.19. The summed E-state index contributed by atoms with van der Waals surface area (Å²) >= 11 is 0. The zero-order chi connectivity index (χ0) is 9.68. The summed E-state index contributed by atoms with van der Waals surface area (Å²) in [5.74, 6) is -0.338. The summed E-state index contributed by atoms with van der Waals surface area (Å²) < 4.78 is 0. The third-order valence-corrected chi connectivity index (χ3v) is 2.87. The predicted octanol–water partition coefficient (Wildman–Crippen LogP) is 1.49. The maximum Gasteiger partial charge on any atom is 0.306 e. The highest BCUT2D eigenvalue weighted by atomic mass is 16.4. The quantitative estimate of drug-likeness (QED) is 0.700. The molecule has 0 aromatic rings. The molecule has 0 aromatic carbocycles. The fraction of sp³-hybridized carbons (Fsp3) is 0.900. The lowest BCUT2D eigenvalue weighted by Crippen LogP contribution is -2.23. The Morgan fingerprint density at radius 1 is 1.46 bits per heavy atom. The van der Waals surface area contributed by atoms with E-state index in [1.54, 1.807) is 0 Å². The molecule has 3 nitrogen and oxygen atoms in total. The molecule has 3 heteroatoms. The minimum atomic E-state index is -0.609. The van der Waals surface area contributed by atoms with E-state index in [1.807, 2.05) is 0 Å². The molecule has 1 fully saturated rings. The van der Waals surface area contributed by atoms with Crippen molar-refractivity contribution in [3.8, 4) is 0 Å². The second-order valence-electron chi connectivity index (χ2n) is 3.82. The zero-order valence-electron chi connectivity index (χ0n) is 8.25. The molecule has 0 radical (unpaired) electrons. The van der Waals surface area contributed by atoms with Crippen LogP contribution in [0.1, 0.15) is 32.6 Å². The standard InChI is InChI=1S/C10H19NO2/c1-2-3-8-4-6-11-7-5-9(8)10(12)13/h8-9,11H,2-7H2,1H3,(H,12,13). The third kappa shape index (κ3) is 2.99. The van der Waals surface area contributed by atoms with Gasteiger partial charge in [0, 0.05) is 0 Å². The number of carbonyl (C=O) groups is 1. The van der Waals surface area contributed by atoms with Gasteiger partial charge in [-0.05, 0) is 38.3 Å². The van der Waals surface area contributed by atoms with Crippen molar-refractivity contribution < 1.29 is 9.90 Å². The van der Waals surface area contributed by atoms with E-state index in [9.17, 15) is 4.79 Å². The van der Waals surface area contributed by atoms with Crippen molar-refractivity contribution in [2.24, 2.45) is 11.8 Å². The molecule has 76 valence electrons. The van der Waals surface area contributed by atoms with Crippen molar-refractivity contribution in [2.45, 2.75) is 32.6 Å². The predicted molar refractivity (Wildman–Crippen MR) is 51.6 cm³/mol. The Kier molecular flexibility index (Phi) is 4.22. The topological polar surface area (TPSA) is 49.3 Å². The average Bonchev–Trinajstić information content (AvgIpc) is 2.30. The largest absolute Gasteiger partial charge is 0.481 e. The van der Waals surface area contributed by atoms with Crippen molar-refractivity contribution in [2.75, 3.05) is 13.1 Å². The Morgan fingerprint density at radius 3 is 2.77 bits per heavy atom. The highest BCUT2D eigenvalue weighted by molar-refractivity contribution is 5.70. The summed E-state index contributed by atoms with van der Waals surface area (Å²) in [5, 5.41) is 12.3. The lowest BCUT2D eigenvalue weighted by atomic mass is 9.85. The molecule has 1 heterocycles. The van der Waals surface area contributed by atoms with Gasteiger partial charge in [0.05, 0.1) is 5.92 Å². The number of hydrogen-bond donors (Lipinski definition) is 2. The Hall–Kier alpha value is -0.570. The number of carboxylic acids is 1. The van der Waals surface area contributed by atoms with Crippen LogP contribution < -0.4 is 5.32 Å². The van der Waals surface area contributed by atoms with Gasteiger partial charge in [0.15, 0.2) is 0 Å². The van der Waals surface area contributed by atoms with E-state index in [0.717, 1.165) is 38.8 Å². The van der Waals surface area contributed by atoms with E-state index in [2.05, 4.69) is 12.2 Å². The van der Waals surface area contributed by atoms with Gasteiger partial charge in [-0.2, -0.15) is 0 Å². The fourth-order valence-electron chi connectivity index (χ4n) is 2.15. The van der Waals surface area contributed by atoms with Gasteiger partial charge in [-0.3, -0.25) is 4.79 Å². The maximum absolute atomic E-state index is 11.0. The van der Waals surface area contributed by atoms with Crippen LogP contribution >= 0.6 is 0 Å². The summed E-state index contributed by atoms with van der Waals surface area (Å²) in [5.41, 5.74) is 0. The van der Waals surface area contributed by atoms with Gasteiger partial charge < -0.3 is 10.4 Å². The number of rotatable bonds is 3. The molecule has 13 heavy (non-hydrogen) atoms. The molecule has 0 aromatic heterocycles. The molecule has 0 amide bonds. The molecule has 1 aliphatic rings. The van der Waals surface area contributed by atoms with Crippen molar-refractivity contribution in [1.82, 2.24) is 5.32 Å². The molecule has 1 aliphatic heterocycles. The van der Waals surface area contributed by atoms with Gasteiger partial charge in [0.1, 0.15) is 0 Å². The van der Waals surface area contributed by atoms with Crippen LogP contribution in [-0.2, 0) is 4.79 Å². The first kappa shape index (κ1) is 10.5. The molecule has 0 aliphatic carbocycles. The highest BCUT2D eigenvalue weighted by Crippen LogP contribution is 2.25. The van der Waals surface area contributed by atoms with Gasteiger partial charge in [0.2, 0.25) is 0 Å². The normalized spacial score (nSPS) is 29.6. The SMILES string of the molecule is CCCC1CCNCCC1C(=O)O. The molecule has 0 spiro atoms. The molecule has 2 N–H and O–H groups in total. The fourth-order valence-corrected chi connectivity index (χ4v) is 2.15. The van der Waals surface area contributed by atoms with Crippen molar-refractivity contribution in [1.29, 1.82) is 0 Å². The van der Waals surface area contributed by atoms with Gasteiger partial charge in [-0.15, -0.1) is 0 Å². The summed E-state index contributed by atoms with van der Waals surface area (Å²) in [6, 6.07) is 0. The smallest absolute Gasteiger partial charge is 0.306 e. The maximum atomic E-state index is 11.0. The first-order valence-electron chi connectivity index (χ1n) is 5.19. The van der Waals surface area contributed by atoms with E-state index >= 15 is 0 Å². The van der Waals surface area contributed by atoms with Crippen LogP contribution in [0.5, 0.6) is 0 Å². The molecular formula is C10H19NO2. The Labute approximate surface area is 79.5 Å². The van der Waals surface area contributed by atoms with E-state index in [-0.39, 0.29) is 5.92 Å². The Bertz CT molecular complexity index is 170. The number of hydrogen-bond acceptors (Lipinski definition) is 2. The van der Waals surface area contributed by atoms with E-state index < -0.39 is 5.97 Å². The van der Waals surface area contributed by atoms with Crippen LogP contribution in [0.15, 0.2) is 0 Å². The van der Waals surface area contributed by atoms with Crippen LogP contribution in [0.3, 0.4) is 0 Å². The average molecular weight is 185 g/mol. The Morgan fingerprint density at radius 2 is 2.15 bits per heavy atom. The zero-order valence-corrected chi connectivity index (χ0v) is 8.25. The van der Waals surface area contributed by atoms with Gasteiger partial charge in [-0.1, -0.05) is 13.3 Å². The molecule has 1 saturated heterocycles. The molecule has 1 rings (SSSR count). The minimum absolute atomic E-state index is 0.116. The van der Waals surface area contributed by atoms with Gasteiger partial charge in [-0.25, -0.2) is 0 Å². The minimum Gasteiger partial charge on any atom is -0.481 e. The van der Waals surface area contributed by atoms with E-state index in [4.69, 9.17) is 5.11 Å². The van der Waals surface area contributed by atoms with E-state index in [1.165, 1.54) is 0 Å². The lowest BCUT2D eigenvalue weighted by molar-refractivity contribution is -0.143. The monoisotopic (exact) mass is 185 g/mol. The first-order chi connectivity index (χ1) is 6.25. The molecule has 2 atom stereocenters. The third-order valence-electron chi connectivity index (χ3n) is 2.87. The summed E-state index contributed by atoms with van der Waals surface area (Å²) in [6.07, 6.45) is 3.96. The summed E-state index contributed by atoms with van der Waals surface area (Å²) in [4.78, 5) is 11.0. The van der Waals surface area contributed by atoms with Gasteiger partial charge >= 0.3 is 5.97 Å². The van der Waals surface area contributed by atoms with Crippen LogP contribution in [0.4, 0.5) is 0 Å². The van der Waals surface area contributed by atoms with Crippen molar-refractivity contribution in [3.63, 3.8) is 0 Å². The van der Waals surface area contributed by atoms with Crippen molar-refractivity contribution >= 4 is 5.97 Å². The van der Waals surface area contributed by atoms with Crippen LogP contribution in [0.25, 0.3) is 0 Å². The second-order valence-corrected chi connectivity index (χ2v) is 3.82. The van der Waals surface area contributed by atoms with Crippen molar-refractivity contribution in [3.05, 3.63) is 0 Å². The number of carboxylic acid groups (broad SMARTS) is 1. The Balaban J connectivity index is 2.55. The van der Waals surface area contributed by atoms with Crippen LogP contribution in [0.2, 0.25) is 0 Å². The molecule has 0 bridgehead atoms. The van der Waals surface area contributed by atoms with E-state index in [0.29, 0.717) is 5.92 Å². The second kappa shape index (κ2) is 5.22. The summed E-state index contributed by atoms with van der Waals surface area (Å²) in [7, 11) is 0. The molecule has 0 saturated carbocycles. The van der Waals surface area contributed by atoms with Crippen LogP contribution in [0, 0.1) is 11.8 Å². The lowest BCUT2D eigenvalue weighted by Gasteiger charge is -2.19. The highest BCUT2D eigenvalue weighted by Gasteiger charge is 2.28.